The lowest BCUT2D eigenvalue weighted by Gasteiger charge is -2.35. The van der Waals surface area contributed by atoms with E-state index in [1.807, 2.05) is 10.3 Å². The third-order valence-corrected chi connectivity index (χ3v) is 4.50. The van der Waals surface area contributed by atoms with Crippen molar-refractivity contribution in [3.05, 3.63) is 34.1 Å². The molecule has 0 radical (unpaired) electrons. The Kier molecular flexibility index (Phi) is 4.84. The van der Waals surface area contributed by atoms with Gasteiger partial charge in [-0.25, -0.2) is 15.0 Å². The highest BCUT2D eigenvalue weighted by atomic mass is 35.5. The molecule has 3 rings (SSSR count). The quantitative estimate of drug-likeness (QED) is 0.797. The fourth-order valence-electron chi connectivity index (χ4n) is 2.44. The number of hydrogen-bond acceptors (Lipinski definition) is 6. The van der Waals surface area contributed by atoms with Gasteiger partial charge in [-0.1, -0.05) is 11.6 Å². The highest BCUT2D eigenvalue weighted by Crippen LogP contribution is 2.16. The number of halogens is 1. The van der Waals surface area contributed by atoms with E-state index in [-0.39, 0.29) is 5.91 Å². The maximum Gasteiger partial charge on any atom is 0.223 e. The van der Waals surface area contributed by atoms with Crippen LogP contribution in [0.1, 0.15) is 12.1 Å². The fourth-order valence-corrected chi connectivity index (χ4v) is 3.17. The zero-order valence-electron chi connectivity index (χ0n) is 12.0. The third kappa shape index (κ3) is 3.72. The Morgan fingerprint density at radius 1 is 1.23 bits per heavy atom. The van der Waals surface area contributed by atoms with Crippen LogP contribution >= 0.6 is 22.9 Å². The average molecular weight is 338 g/mol. The van der Waals surface area contributed by atoms with Crippen LogP contribution in [0.15, 0.2) is 23.3 Å². The molecule has 8 heteroatoms. The molecule has 116 valence electrons. The first kappa shape index (κ1) is 15.2. The number of aryl methyl sites for hydroxylation is 1. The largest absolute Gasteiger partial charge is 0.353 e. The molecule has 1 aliphatic heterocycles. The zero-order chi connectivity index (χ0) is 15.4. The predicted molar refractivity (Wildman–Crippen MR) is 86.3 cm³/mol. The van der Waals surface area contributed by atoms with Gasteiger partial charge in [0.05, 0.1) is 11.2 Å². The Hall–Kier alpha value is -1.73. The van der Waals surface area contributed by atoms with Gasteiger partial charge in [-0.15, -0.1) is 11.3 Å². The van der Waals surface area contributed by atoms with E-state index in [9.17, 15) is 4.79 Å². The molecular formula is C14H16ClN5OS. The standard InChI is InChI=1S/C14H16ClN5OS/c15-12-7-13(17-9-16-12)19-3-5-20(6-4-19)14(21)2-1-11-8-22-10-18-11/h7-10H,1-6H2. The van der Waals surface area contributed by atoms with Gasteiger partial charge in [0.2, 0.25) is 5.91 Å². The molecule has 0 bridgehead atoms. The molecule has 0 saturated carbocycles. The molecule has 0 aliphatic carbocycles. The Morgan fingerprint density at radius 2 is 2.05 bits per heavy atom. The molecule has 2 aromatic heterocycles. The molecular weight excluding hydrogens is 322 g/mol. The van der Waals surface area contributed by atoms with Gasteiger partial charge in [0, 0.05) is 44.0 Å². The Labute approximate surface area is 137 Å². The molecule has 1 aliphatic rings. The highest BCUT2D eigenvalue weighted by Gasteiger charge is 2.21. The number of nitrogens with zero attached hydrogens (tertiary/aromatic N) is 5. The minimum Gasteiger partial charge on any atom is -0.353 e. The Balaban J connectivity index is 1.49. The van der Waals surface area contributed by atoms with Crippen LogP contribution in [0.25, 0.3) is 0 Å². The van der Waals surface area contributed by atoms with E-state index >= 15 is 0 Å². The molecule has 6 nitrogen and oxygen atoms in total. The molecule has 22 heavy (non-hydrogen) atoms. The van der Waals surface area contributed by atoms with Crippen molar-refractivity contribution in [1.82, 2.24) is 19.9 Å². The van der Waals surface area contributed by atoms with Crippen LogP contribution in [0.5, 0.6) is 0 Å². The summed E-state index contributed by atoms with van der Waals surface area (Å²) in [5, 5.41) is 2.43. The van der Waals surface area contributed by atoms with Crippen LogP contribution in [0.2, 0.25) is 5.15 Å². The van der Waals surface area contributed by atoms with Crippen LogP contribution in [0, 0.1) is 0 Å². The molecule has 0 N–H and O–H groups in total. The van der Waals surface area contributed by atoms with Gasteiger partial charge in [0.1, 0.15) is 17.3 Å². The van der Waals surface area contributed by atoms with Gasteiger partial charge in [0.25, 0.3) is 0 Å². The van der Waals surface area contributed by atoms with E-state index in [0.717, 1.165) is 24.6 Å². The number of carbonyl (C=O) groups is 1. The number of rotatable bonds is 4. The smallest absolute Gasteiger partial charge is 0.223 e. The normalized spacial score (nSPS) is 15.1. The van der Waals surface area contributed by atoms with Crippen LogP contribution in [-0.4, -0.2) is 51.9 Å². The minimum atomic E-state index is 0.188. The van der Waals surface area contributed by atoms with Crippen molar-refractivity contribution >= 4 is 34.7 Å². The molecule has 0 atom stereocenters. The summed E-state index contributed by atoms with van der Waals surface area (Å²) in [6.07, 6.45) is 2.69. The van der Waals surface area contributed by atoms with Crippen LogP contribution in [0.3, 0.4) is 0 Å². The highest BCUT2D eigenvalue weighted by molar-refractivity contribution is 7.07. The molecule has 0 spiro atoms. The van der Waals surface area contributed by atoms with Crippen molar-refractivity contribution in [2.45, 2.75) is 12.8 Å². The van der Waals surface area contributed by atoms with Gasteiger partial charge >= 0.3 is 0 Å². The van der Waals surface area contributed by atoms with Crippen LogP contribution in [-0.2, 0) is 11.2 Å². The second-order valence-corrected chi connectivity index (χ2v) is 6.15. The lowest BCUT2D eigenvalue weighted by molar-refractivity contribution is -0.131. The molecule has 0 aromatic carbocycles. The van der Waals surface area contributed by atoms with Gasteiger partial charge in [-0.2, -0.15) is 0 Å². The summed E-state index contributed by atoms with van der Waals surface area (Å²) in [5.74, 6) is 1.00. The number of thiazole rings is 1. The monoisotopic (exact) mass is 337 g/mol. The zero-order valence-corrected chi connectivity index (χ0v) is 13.6. The van der Waals surface area contributed by atoms with E-state index < -0.39 is 0 Å². The van der Waals surface area contributed by atoms with E-state index in [4.69, 9.17) is 11.6 Å². The number of aromatic nitrogens is 3. The van der Waals surface area contributed by atoms with E-state index in [2.05, 4.69) is 19.9 Å². The molecule has 0 unspecified atom stereocenters. The Morgan fingerprint density at radius 3 is 2.73 bits per heavy atom. The first-order chi connectivity index (χ1) is 10.7. The summed E-state index contributed by atoms with van der Waals surface area (Å²) in [6, 6.07) is 1.75. The summed E-state index contributed by atoms with van der Waals surface area (Å²) in [5.41, 5.74) is 2.79. The van der Waals surface area contributed by atoms with Crippen molar-refractivity contribution in [3.8, 4) is 0 Å². The minimum absolute atomic E-state index is 0.188. The second-order valence-electron chi connectivity index (χ2n) is 5.05. The lowest BCUT2D eigenvalue weighted by Crippen LogP contribution is -2.49. The number of piperazine rings is 1. The first-order valence-corrected chi connectivity index (χ1v) is 8.42. The van der Waals surface area contributed by atoms with Gasteiger partial charge in [0.15, 0.2) is 0 Å². The average Bonchev–Trinajstić information content (AvgIpc) is 3.06. The van der Waals surface area contributed by atoms with Gasteiger partial charge in [-0.05, 0) is 6.42 Å². The number of hydrogen-bond donors (Lipinski definition) is 0. The number of amides is 1. The van der Waals surface area contributed by atoms with Crippen molar-refractivity contribution in [3.63, 3.8) is 0 Å². The van der Waals surface area contributed by atoms with Crippen molar-refractivity contribution in [2.75, 3.05) is 31.1 Å². The van der Waals surface area contributed by atoms with Crippen molar-refractivity contribution < 1.29 is 4.79 Å². The maximum absolute atomic E-state index is 12.2. The van der Waals surface area contributed by atoms with Gasteiger partial charge in [-0.3, -0.25) is 4.79 Å². The van der Waals surface area contributed by atoms with Crippen molar-refractivity contribution in [2.24, 2.45) is 0 Å². The summed E-state index contributed by atoms with van der Waals surface area (Å²) >= 11 is 7.45. The number of carbonyl (C=O) groups excluding carboxylic acids is 1. The number of anilines is 1. The molecule has 2 aromatic rings. The summed E-state index contributed by atoms with van der Waals surface area (Å²) in [6.45, 7) is 2.93. The van der Waals surface area contributed by atoms with Crippen LogP contribution in [0.4, 0.5) is 5.82 Å². The SMILES string of the molecule is O=C(CCc1cscn1)N1CCN(c2cc(Cl)ncn2)CC1. The summed E-state index contributed by atoms with van der Waals surface area (Å²) in [7, 11) is 0. The topological polar surface area (TPSA) is 62.2 Å². The van der Waals surface area contributed by atoms with Crippen LogP contribution < -0.4 is 4.90 Å². The fraction of sp³-hybridized carbons (Fsp3) is 0.429. The van der Waals surface area contributed by atoms with Crippen molar-refractivity contribution in [1.29, 1.82) is 0 Å². The lowest BCUT2D eigenvalue weighted by atomic mass is 10.2. The molecule has 1 saturated heterocycles. The third-order valence-electron chi connectivity index (χ3n) is 3.65. The first-order valence-electron chi connectivity index (χ1n) is 7.10. The predicted octanol–water partition coefficient (Wildman–Crippen LogP) is 1.87. The van der Waals surface area contributed by atoms with E-state index in [1.165, 1.54) is 6.33 Å². The maximum atomic E-state index is 12.2. The van der Waals surface area contributed by atoms with E-state index in [1.54, 1.807) is 22.9 Å². The second kappa shape index (κ2) is 7.02. The molecule has 3 heterocycles. The Bertz CT molecular complexity index is 628. The molecule has 1 fully saturated rings. The summed E-state index contributed by atoms with van der Waals surface area (Å²) < 4.78 is 0. The summed E-state index contributed by atoms with van der Waals surface area (Å²) in [4.78, 5) is 28.6. The molecule has 1 amide bonds. The van der Waals surface area contributed by atoms with E-state index in [0.29, 0.717) is 31.1 Å². The van der Waals surface area contributed by atoms with Gasteiger partial charge < -0.3 is 9.80 Å².